The van der Waals surface area contributed by atoms with Crippen LogP contribution in [-0.4, -0.2) is 64.2 Å². The number of rotatable bonds is 9. The molecule has 37 heavy (non-hydrogen) atoms. The summed E-state index contributed by atoms with van der Waals surface area (Å²) >= 11 is 0. The maximum Gasteiger partial charge on any atom is 0.318 e. The van der Waals surface area contributed by atoms with E-state index < -0.39 is 0 Å². The second-order valence-corrected chi connectivity index (χ2v) is 8.64. The zero-order valence-corrected chi connectivity index (χ0v) is 21.4. The smallest absolute Gasteiger partial charge is 0.318 e. The first kappa shape index (κ1) is 24.6. The minimum Gasteiger partial charge on any atom is -0.497 e. The number of morpholine rings is 1. The molecular weight excluding hydrogens is 470 g/mol. The summed E-state index contributed by atoms with van der Waals surface area (Å²) in [6.45, 7) is 3.24. The summed E-state index contributed by atoms with van der Waals surface area (Å²) in [5, 5.41) is 0.976. The molecule has 0 spiro atoms. The van der Waals surface area contributed by atoms with Gasteiger partial charge < -0.3 is 28.6 Å². The van der Waals surface area contributed by atoms with E-state index in [0.29, 0.717) is 43.8 Å². The van der Waals surface area contributed by atoms with Gasteiger partial charge in [-0.1, -0.05) is 30.3 Å². The fraction of sp³-hybridized carbons (Fsp3) is 0.310. The topological polar surface area (TPSA) is 75.2 Å². The number of nitrogens with zero attached hydrogens (tertiary/aromatic N) is 3. The van der Waals surface area contributed by atoms with E-state index in [1.165, 1.54) is 0 Å². The van der Waals surface area contributed by atoms with Crippen LogP contribution in [0.15, 0.2) is 60.7 Å². The van der Waals surface area contributed by atoms with Crippen molar-refractivity contribution in [1.29, 1.82) is 0 Å². The normalized spacial score (nSPS) is 13.4. The lowest BCUT2D eigenvalue weighted by molar-refractivity contribution is 0.122. The standard InChI is InChI=1S/C29H31N3O5/c1-33-23-8-4-7-21(18-23)22-10-11-25-24(19-22)28(32-13-16-36-17-14-32)31-29(30-25)37-15-12-20-6-5-9-26(34-2)27(20)35-3/h4-11,18-19H,12-17H2,1-3H3. The third kappa shape index (κ3) is 5.39. The van der Waals surface area contributed by atoms with Gasteiger partial charge in [-0.15, -0.1) is 0 Å². The van der Waals surface area contributed by atoms with Crippen LogP contribution in [0.25, 0.3) is 22.0 Å². The fourth-order valence-electron chi connectivity index (χ4n) is 4.56. The minimum absolute atomic E-state index is 0.352. The van der Waals surface area contributed by atoms with Gasteiger partial charge in [-0.05, 0) is 41.5 Å². The molecule has 1 aromatic heterocycles. The molecule has 3 aromatic carbocycles. The maximum absolute atomic E-state index is 6.07. The quantitative estimate of drug-likeness (QED) is 0.324. The number of hydrogen-bond acceptors (Lipinski definition) is 8. The van der Waals surface area contributed by atoms with Crippen molar-refractivity contribution in [3.63, 3.8) is 0 Å². The van der Waals surface area contributed by atoms with Gasteiger partial charge in [0.05, 0.1) is 46.7 Å². The van der Waals surface area contributed by atoms with Crippen LogP contribution in [-0.2, 0) is 11.2 Å². The van der Waals surface area contributed by atoms with Gasteiger partial charge in [0.15, 0.2) is 11.5 Å². The average Bonchev–Trinajstić information content (AvgIpc) is 2.96. The third-order valence-corrected chi connectivity index (χ3v) is 6.46. The van der Waals surface area contributed by atoms with Crippen molar-refractivity contribution in [2.75, 3.05) is 59.1 Å². The van der Waals surface area contributed by atoms with E-state index in [9.17, 15) is 0 Å². The molecule has 8 heteroatoms. The number of methoxy groups -OCH3 is 3. The molecule has 0 bridgehead atoms. The lowest BCUT2D eigenvalue weighted by Crippen LogP contribution is -2.37. The molecule has 4 aromatic rings. The Labute approximate surface area is 216 Å². The van der Waals surface area contributed by atoms with Gasteiger partial charge in [-0.2, -0.15) is 9.97 Å². The Morgan fingerprint density at radius 2 is 1.65 bits per heavy atom. The van der Waals surface area contributed by atoms with Crippen LogP contribution in [0.2, 0.25) is 0 Å². The lowest BCUT2D eigenvalue weighted by atomic mass is 10.0. The molecule has 0 atom stereocenters. The van der Waals surface area contributed by atoms with Gasteiger partial charge in [0, 0.05) is 30.5 Å². The minimum atomic E-state index is 0.352. The number of benzene rings is 3. The van der Waals surface area contributed by atoms with E-state index in [4.69, 9.17) is 33.7 Å². The highest BCUT2D eigenvalue weighted by Crippen LogP contribution is 2.33. The third-order valence-electron chi connectivity index (χ3n) is 6.46. The second-order valence-electron chi connectivity index (χ2n) is 8.64. The van der Waals surface area contributed by atoms with Crippen molar-refractivity contribution in [3.05, 3.63) is 66.2 Å². The Kier molecular flexibility index (Phi) is 7.56. The number of anilines is 1. The highest BCUT2D eigenvalue weighted by molar-refractivity contribution is 5.93. The second kappa shape index (κ2) is 11.3. The summed E-state index contributed by atoms with van der Waals surface area (Å²) in [4.78, 5) is 11.8. The van der Waals surface area contributed by atoms with Gasteiger partial charge in [0.25, 0.3) is 0 Å². The van der Waals surface area contributed by atoms with Crippen LogP contribution < -0.4 is 23.8 Å². The van der Waals surface area contributed by atoms with Gasteiger partial charge >= 0.3 is 6.01 Å². The van der Waals surface area contributed by atoms with Crippen molar-refractivity contribution >= 4 is 16.7 Å². The largest absolute Gasteiger partial charge is 0.497 e. The summed E-state index contributed by atoms with van der Waals surface area (Å²) in [5.41, 5.74) is 3.97. The molecule has 0 amide bonds. The highest BCUT2D eigenvalue weighted by atomic mass is 16.5. The first-order chi connectivity index (χ1) is 18.2. The van der Waals surface area contributed by atoms with E-state index in [1.807, 2.05) is 42.5 Å². The van der Waals surface area contributed by atoms with Crippen molar-refractivity contribution in [3.8, 4) is 34.4 Å². The molecular formula is C29H31N3O5. The van der Waals surface area contributed by atoms with E-state index in [-0.39, 0.29) is 0 Å². The Bertz CT molecular complexity index is 1370. The van der Waals surface area contributed by atoms with Gasteiger partial charge in [-0.25, -0.2) is 0 Å². The zero-order chi connectivity index (χ0) is 25.6. The molecule has 1 fully saturated rings. The Morgan fingerprint density at radius 3 is 2.43 bits per heavy atom. The van der Waals surface area contributed by atoms with Crippen molar-refractivity contribution in [2.45, 2.75) is 6.42 Å². The predicted molar refractivity (Wildman–Crippen MR) is 143 cm³/mol. The van der Waals surface area contributed by atoms with Gasteiger partial charge in [0.2, 0.25) is 0 Å². The van der Waals surface area contributed by atoms with Crippen LogP contribution in [0.3, 0.4) is 0 Å². The molecule has 2 heterocycles. The molecule has 1 aliphatic rings. The molecule has 192 valence electrons. The van der Waals surface area contributed by atoms with Gasteiger partial charge in [-0.3, -0.25) is 0 Å². The average molecular weight is 502 g/mol. The molecule has 1 saturated heterocycles. The summed E-state index contributed by atoms with van der Waals surface area (Å²) in [6.07, 6.45) is 0.628. The zero-order valence-electron chi connectivity index (χ0n) is 21.4. The van der Waals surface area contributed by atoms with E-state index >= 15 is 0 Å². The molecule has 1 aliphatic heterocycles. The maximum atomic E-state index is 6.07. The monoisotopic (exact) mass is 501 g/mol. The highest BCUT2D eigenvalue weighted by Gasteiger charge is 2.19. The molecule has 0 unspecified atom stereocenters. The van der Waals surface area contributed by atoms with Crippen molar-refractivity contribution < 1.29 is 23.7 Å². The fourth-order valence-corrected chi connectivity index (χ4v) is 4.56. The Hall–Kier alpha value is -4.04. The van der Waals surface area contributed by atoms with E-state index in [0.717, 1.165) is 52.3 Å². The summed E-state index contributed by atoms with van der Waals surface area (Å²) in [7, 11) is 4.95. The van der Waals surface area contributed by atoms with Crippen molar-refractivity contribution in [2.24, 2.45) is 0 Å². The number of fused-ring (bicyclic) bond motifs is 1. The summed E-state index contributed by atoms with van der Waals surface area (Å²) < 4.78 is 28.0. The Balaban J connectivity index is 1.45. The summed E-state index contributed by atoms with van der Waals surface area (Å²) in [5.74, 6) is 3.08. The van der Waals surface area contributed by atoms with Crippen LogP contribution in [0.5, 0.6) is 23.3 Å². The summed E-state index contributed by atoms with van der Waals surface area (Å²) in [6, 6.07) is 20.4. The van der Waals surface area contributed by atoms with Crippen LogP contribution in [0.1, 0.15) is 5.56 Å². The molecule has 0 saturated carbocycles. The molecule has 5 rings (SSSR count). The van der Waals surface area contributed by atoms with Crippen LogP contribution >= 0.6 is 0 Å². The Morgan fingerprint density at radius 1 is 0.838 bits per heavy atom. The van der Waals surface area contributed by atoms with Crippen LogP contribution in [0.4, 0.5) is 5.82 Å². The molecule has 0 aliphatic carbocycles. The first-order valence-corrected chi connectivity index (χ1v) is 12.3. The molecule has 0 N–H and O–H groups in total. The SMILES string of the molecule is COc1cccc(-c2ccc3nc(OCCc4cccc(OC)c4OC)nc(N4CCOCC4)c3c2)c1. The number of hydrogen-bond donors (Lipinski definition) is 0. The van der Waals surface area contributed by atoms with E-state index in [1.54, 1.807) is 21.3 Å². The number of para-hydroxylation sites is 1. The first-order valence-electron chi connectivity index (χ1n) is 12.3. The number of aromatic nitrogens is 2. The van der Waals surface area contributed by atoms with Crippen molar-refractivity contribution in [1.82, 2.24) is 9.97 Å². The van der Waals surface area contributed by atoms with Crippen LogP contribution in [0, 0.1) is 0 Å². The lowest BCUT2D eigenvalue weighted by Gasteiger charge is -2.29. The van der Waals surface area contributed by atoms with Gasteiger partial charge in [0.1, 0.15) is 11.6 Å². The van der Waals surface area contributed by atoms with E-state index in [2.05, 4.69) is 23.1 Å². The number of ether oxygens (including phenoxy) is 5. The molecule has 8 nitrogen and oxygen atoms in total. The predicted octanol–water partition coefficient (Wildman–Crippen LogP) is 4.78. The molecule has 0 radical (unpaired) electrons.